The number of ether oxygens (including phenoxy) is 1. The van der Waals surface area contributed by atoms with Gasteiger partial charge in [0.25, 0.3) is 0 Å². The fraction of sp³-hybridized carbons (Fsp3) is 0.286. The number of rotatable bonds is 7. The van der Waals surface area contributed by atoms with Crippen molar-refractivity contribution in [3.8, 4) is 0 Å². The van der Waals surface area contributed by atoms with Crippen molar-refractivity contribution in [1.29, 1.82) is 0 Å². The summed E-state index contributed by atoms with van der Waals surface area (Å²) in [6.45, 7) is 4.27. The van der Waals surface area contributed by atoms with Crippen molar-refractivity contribution in [3.05, 3.63) is 59.4 Å². The zero-order chi connectivity index (χ0) is 20.1. The fourth-order valence-electron chi connectivity index (χ4n) is 3.08. The molecule has 0 spiro atoms. The molecule has 146 valence electrons. The molecule has 0 aliphatic rings. The number of amides is 2. The molecule has 0 fully saturated rings. The maximum Gasteiger partial charge on any atom is 0.246 e. The minimum Gasteiger partial charge on any atom is -0.375 e. The summed E-state index contributed by atoms with van der Waals surface area (Å²) in [7, 11) is 1.46. The van der Waals surface area contributed by atoms with E-state index in [-0.39, 0.29) is 31.5 Å². The minimum absolute atomic E-state index is 0.0204. The van der Waals surface area contributed by atoms with Gasteiger partial charge in [-0.05, 0) is 37.6 Å². The molecule has 0 atom stereocenters. The smallest absolute Gasteiger partial charge is 0.246 e. The Morgan fingerprint density at radius 2 is 1.89 bits per heavy atom. The second-order valence-electron chi connectivity index (χ2n) is 6.68. The molecule has 1 heterocycles. The first kappa shape index (κ1) is 19.6. The number of fused-ring (bicyclic) bond motifs is 1. The van der Waals surface area contributed by atoms with E-state index in [4.69, 9.17) is 4.74 Å². The van der Waals surface area contributed by atoms with E-state index in [0.717, 1.165) is 27.8 Å². The van der Waals surface area contributed by atoms with Gasteiger partial charge in [-0.2, -0.15) is 0 Å². The lowest BCUT2D eigenvalue weighted by Crippen LogP contribution is -2.29. The molecular formula is C21H24N4O3. The summed E-state index contributed by atoms with van der Waals surface area (Å²) in [6.07, 6.45) is 0. The van der Waals surface area contributed by atoms with E-state index in [2.05, 4.69) is 15.6 Å². The summed E-state index contributed by atoms with van der Waals surface area (Å²) in [5, 5.41) is 5.72. The van der Waals surface area contributed by atoms with Gasteiger partial charge in [-0.1, -0.05) is 29.8 Å². The highest BCUT2D eigenvalue weighted by Gasteiger charge is 2.15. The minimum atomic E-state index is -0.235. The molecule has 0 unspecified atom stereocenters. The Bertz CT molecular complexity index is 1010. The number of imidazole rings is 1. The van der Waals surface area contributed by atoms with Crippen molar-refractivity contribution in [2.24, 2.45) is 0 Å². The van der Waals surface area contributed by atoms with Crippen LogP contribution in [0.25, 0.3) is 11.0 Å². The van der Waals surface area contributed by atoms with Gasteiger partial charge in [-0.25, -0.2) is 4.98 Å². The lowest BCUT2D eigenvalue weighted by Gasteiger charge is -2.12. The maximum atomic E-state index is 12.7. The van der Waals surface area contributed by atoms with Crippen LogP contribution in [0.5, 0.6) is 0 Å². The first-order chi connectivity index (χ1) is 13.5. The van der Waals surface area contributed by atoms with Crippen LogP contribution in [0.4, 0.5) is 5.69 Å². The van der Waals surface area contributed by atoms with Crippen molar-refractivity contribution >= 4 is 28.5 Å². The first-order valence-electron chi connectivity index (χ1n) is 9.05. The number of carbonyl (C=O) groups excluding carboxylic acids is 2. The number of hydrogen-bond acceptors (Lipinski definition) is 4. The van der Waals surface area contributed by atoms with Gasteiger partial charge in [-0.3, -0.25) is 9.59 Å². The SMILES string of the molecule is COCC(=O)NCc1nc2ccccc2n1CC(=O)Nc1ccc(C)cc1C. The van der Waals surface area contributed by atoms with Crippen LogP contribution in [0.3, 0.4) is 0 Å². The highest BCUT2D eigenvalue weighted by atomic mass is 16.5. The van der Waals surface area contributed by atoms with E-state index in [1.54, 1.807) is 0 Å². The molecule has 0 saturated carbocycles. The van der Waals surface area contributed by atoms with Crippen molar-refractivity contribution < 1.29 is 14.3 Å². The molecule has 2 N–H and O–H groups in total. The summed E-state index contributed by atoms with van der Waals surface area (Å²) in [4.78, 5) is 29.0. The molecule has 28 heavy (non-hydrogen) atoms. The molecule has 0 saturated heterocycles. The molecule has 0 radical (unpaired) electrons. The van der Waals surface area contributed by atoms with Gasteiger partial charge in [0.15, 0.2) is 0 Å². The molecule has 3 aromatic rings. The van der Waals surface area contributed by atoms with Gasteiger partial charge in [0, 0.05) is 12.8 Å². The van der Waals surface area contributed by atoms with Crippen molar-refractivity contribution in [2.45, 2.75) is 26.9 Å². The topological polar surface area (TPSA) is 85.2 Å². The normalized spacial score (nSPS) is 10.8. The van der Waals surface area contributed by atoms with E-state index in [1.165, 1.54) is 7.11 Å². The number of carbonyl (C=O) groups is 2. The van der Waals surface area contributed by atoms with Crippen LogP contribution in [-0.4, -0.2) is 35.1 Å². The number of anilines is 1. The standard InChI is InChI=1S/C21H24N4O3/c1-14-8-9-16(15(2)10-14)24-20(26)12-25-18-7-5-4-6-17(18)23-19(25)11-22-21(27)13-28-3/h4-10H,11-13H2,1-3H3,(H,22,27)(H,24,26). The largest absolute Gasteiger partial charge is 0.375 e. The number of methoxy groups -OCH3 is 1. The van der Waals surface area contributed by atoms with Crippen molar-refractivity contribution in [3.63, 3.8) is 0 Å². The van der Waals surface area contributed by atoms with E-state index < -0.39 is 0 Å². The third kappa shape index (κ3) is 4.55. The number of hydrogen-bond donors (Lipinski definition) is 2. The Morgan fingerprint density at radius 1 is 1.11 bits per heavy atom. The highest BCUT2D eigenvalue weighted by molar-refractivity contribution is 5.92. The third-order valence-corrected chi connectivity index (χ3v) is 4.41. The van der Waals surface area contributed by atoms with E-state index in [9.17, 15) is 9.59 Å². The number of nitrogens with zero attached hydrogens (tertiary/aromatic N) is 2. The van der Waals surface area contributed by atoms with Gasteiger partial charge in [-0.15, -0.1) is 0 Å². The van der Waals surface area contributed by atoms with Gasteiger partial charge < -0.3 is 19.9 Å². The molecule has 0 bridgehead atoms. The van der Waals surface area contributed by atoms with Crippen LogP contribution in [0.15, 0.2) is 42.5 Å². The predicted octanol–water partition coefficient (Wildman–Crippen LogP) is 2.55. The summed E-state index contributed by atoms with van der Waals surface area (Å²) in [5.74, 6) is 0.224. The van der Waals surface area contributed by atoms with E-state index in [1.807, 2.05) is 60.9 Å². The van der Waals surface area contributed by atoms with Crippen LogP contribution in [-0.2, 0) is 27.4 Å². The number of aryl methyl sites for hydroxylation is 2. The molecular weight excluding hydrogens is 356 g/mol. The number of aromatic nitrogens is 2. The predicted molar refractivity (Wildman–Crippen MR) is 108 cm³/mol. The number of para-hydroxylation sites is 2. The molecule has 1 aromatic heterocycles. The second kappa shape index (κ2) is 8.67. The molecule has 0 aliphatic heterocycles. The summed E-state index contributed by atoms with van der Waals surface area (Å²) in [5.41, 5.74) is 4.56. The third-order valence-electron chi connectivity index (χ3n) is 4.41. The second-order valence-corrected chi connectivity index (χ2v) is 6.68. The Balaban J connectivity index is 1.81. The zero-order valence-corrected chi connectivity index (χ0v) is 16.3. The summed E-state index contributed by atoms with van der Waals surface area (Å²) >= 11 is 0. The molecule has 7 heteroatoms. The first-order valence-corrected chi connectivity index (χ1v) is 9.05. The van der Waals surface area contributed by atoms with E-state index >= 15 is 0 Å². The quantitative estimate of drug-likeness (QED) is 0.660. The Hall–Kier alpha value is -3.19. The summed E-state index contributed by atoms with van der Waals surface area (Å²) in [6, 6.07) is 13.5. The van der Waals surface area contributed by atoms with Gasteiger partial charge in [0.1, 0.15) is 19.0 Å². The lowest BCUT2D eigenvalue weighted by molar-refractivity contribution is -0.124. The van der Waals surface area contributed by atoms with Crippen molar-refractivity contribution in [2.75, 3.05) is 19.0 Å². The fourth-order valence-corrected chi connectivity index (χ4v) is 3.08. The molecule has 2 amide bonds. The average molecular weight is 380 g/mol. The van der Waals surface area contributed by atoms with Crippen LogP contribution in [0.1, 0.15) is 17.0 Å². The van der Waals surface area contributed by atoms with Gasteiger partial charge >= 0.3 is 0 Å². The van der Waals surface area contributed by atoms with E-state index in [0.29, 0.717) is 5.82 Å². The van der Waals surface area contributed by atoms with Crippen molar-refractivity contribution in [1.82, 2.24) is 14.9 Å². The molecule has 7 nitrogen and oxygen atoms in total. The van der Waals surface area contributed by atoms with Gasteiger partial charge in [0.05, 0.1) is 17.6 Å². The van der Waals surface area contributed by atoms with Gasteiger partial charge in [0.2, 0.25) is 11.8 Å². The Morgan fingerprint density at radius 3 is 2.64 bits per heavy atom. The van der Waals surface area contributed by atoms with Crippen LogP contribution in [0.2, 0.25) is 0 Å². The monoisotopic (exact) mass is 380 g/mol. The Labute approximate surface area is 163 Å². The number of benzene rings is 2. The highest BCUT2D eigenvalue weighted by Crippen LogP contribution is 2.18. The van der Waals surface area contributed by atoms with Crippen LogP contribution < -0.4 is 10.6 Å². The zero-order valence-electron chi connectivity index (χ0n) is 16.3. The van der Waals surface area contributed by atoms with Crippen LogP contribution in [0, 0.1) is 13.8 Å². The lowest BCUT2D eigenvalue weighted by atomic mass is 10.1. The maximum absolute atomic E-state index is 12.7. The van der Waals surface area contributed by atoms with Crippen LogP contribution >= 0.6 is 0 Å². The molecule has 3 rings (SSSR count). The Kier molecular flexibility index (Phi) is 6.06. The molecule has 2 aromatic carbocycles. The average Bonchev–Trinajstić information content (AvgIpc) is 3.00. The summed E-state index contributed by atoms with van der Waals surface area (Å²) < 4.78 is 6.65. The molecule has 0 aliphatic carbocycles. The number of nitrogens with one attached hydrogen (secondary N) is 2.